The molecule has 0 aromatic heterocycles. The minimum absolute atomic E-state index is 0.486. The molecular formula is C15H24. The zero-order valence-electron chi connectivity index (χ0n) is 10.5. The van der Waals surface area contributed by atoms with Crippen molar-refractivity contribution in [3.8, 4) is 0 Å². The molecule has 0 aromatic rings. The zero-order chi connectivity index (χ0) is 10.8. The molecule has 5 rings (SSSR count). The Labute approximate surface area is 94.1 Å². The predicted molar refractivity (Wildman–Crippen MR) is 64.6 cm³/mol. The molecule has 4 bridgehead atoms. The molecule has 5 unspecified atom stereocenters. The number of hydrogen-bond acceptors (Lipinski definition) is 0. The summed E-state index contributed by atoms with van der Waals surface area (Å²) in [5.41, 5.74) is 2.60. The van der Waals surface area contributed by atoms with E-state index < -0.39 is 0 Å². The first-order chi connectivity index (χ1) is 6.98. The van der Waals surface area contributed by atoms with Gasteiger partial charge in [-0.2, -0.15) is 0 Å². The van der Waals surface area contributed by atoms with E-state index in [4.69, 9.17) is 0 Å². The van der Waals surface area contributed by atoms with E-state index in [1.165, 1.54) is 32.1 Å². The Balaban J connectivity index is 2.15. The quantitative estimate of drug-likeness (QED) is 0.513. The summed E-state index contributed by atoms with van der Waals surface area (Å²) >= 11 is 0. The number of fused-ring (bicyclic) bond motifs is 3. The van der Waals surface area contributed by atoms with Gasteiger partial charge in [0.2, 0.25) is 0 Å². The van der Waals surface area contributed by atoms with Gasteiger partial charge in [0.15, 0.2) is 0 Å². The molecule has 15 heavy (non-hydrogen) atoms. The van der Waals surface area contributed by atoms with E-state index in [1.807, 2.05) is 0 Å². The van der Waals surface area contributed by atoms with E-state index in [0.29, 0.717) is 10.8 Å². The maximum absolute atomic E-state index is 4.52. The Kier molecular flexibility index (Phi) is 1.79. The van der Waals surface area contributed by atoms with Gasteiger partial charge in [-0.15, -0.1) is 0 Å². The topological polar surface area (TPSA) is 0 Å². The fraction of sp³-hybridized carbons (Fsp3) is 0.867. The largest absolute Gasteiger partial charge is 0.0987 e. The highest BCUT2D eigenvalue weighted by molar-refractivity contribution is 5.29. The van der Waals surface area contributed by atoms with Crippen molar-refractivity contribution in [2.75, 3.05) is 0 Å². The van der Waals surface area contributed by atoms with Crippen molar-refractivity contribution in [1.82, 2.24) is 0 Å². The van der Waals surface area contributed by atoms with Crippen molar-refractivity contribution in [3.63, 3.8) is 0 Å². The average molecular weight is 204 g/mol. The fourth-order valence-corrected chi connectivity index (χ4v) is 5.14. The van der Waals surface area contributed by atoms with Crippen molar-refractivity contribution >= 4 is 0 Å². The van der Waals surface area contributed by atoms with E-state index in [0.717, 1.165) is 17.8 Å². The van der Waals surface area contributed by atoms with Gasteiger partial charge in [0.25, 0.3) is 0 Å². The van der Waals surface area contributed by atoms with E-state index in [2.05, 4.69) is 27.4 Å². The number of rotatable bonds is 0. The van der Waals surface area contributed by atoms with Crippen LogP contribution in [0.25, 0.3) is 0 Å². The third-order valence-electron chi connectivity index (χ3n) is 6.45. The van der Waals surface area contributed by atoms with Crippen LogP contribution >= 0.6 is 0 Å². The first kappa shape index (κ1) is 9.93. The standard InChI is InChI=1S/C15H24/c1-10-5-7-14(3)11(2)15(4)8-6-12(14)9-13(10)15/h10,12-13H,2,5-9H2,1,3-4H3. The SMILES string of the molecule is C=C1C2(C)CCC(C)C3CC2CCC13C. The lowest BCUT2D eigenvalue weighted by molar-refractivity contribution is -0.0150. The van der Waals surface area contributed by atoms with Crippen molar-refractivity contribution in [2.45, 2.75) is 52.9 Å². The van der Waals surface area contributed by atoms with E-state index >= 15 is 0 Å². The molecule has 0 spiro atoms. The normalized spacial score (nSPS) is 58.3. The third kappa shape index (κ3) is 0.990. The highest BCUT2D eigenvalue weighted by Gasteiger charge is 2.59. The summed E-state index contributed by atoms with van der Waals surface area (Å²) in [6, 6.07) is 0. The Morgan fingerprint density at radius 3 is 2.53 bits per heavy atom. The van der Waals surface area contributed by atoms with Gasteiger partial charge >= 0.3 is 0 Å². The van der Waals surface area contributed by atoms with Crippen molar-refractivity contribution in [1.29, 1.82) is 0 Å². The lowest BCUT2D eigenvalue weighted by Gasteiger charge is -2.60. The fourth-order valence-electron chi connectivity index (χ4n) is 5.14. The molecule has 0 radical (unpaired) electrons. The molecule has 0 saturated heterocycles. The van der Waals surface area contributed by atoms with Crippen molar-refractivity contribution in [2.24, 2.45) is 28.6 Å². The van der Waals surface area contributed by atoms with Gasteiger partial charge in [0, 0.05) is 0 Å². The molecule has 0 nitrogen and oxygen atoms in total. The third-order valence-corrected chi connectivity index (χ3v) is 6.45. The van der Waals surface area contributed by atoms with Crippen LogP contribution in [0.5, 0.6) is 0 Å². The highest BCUT2D eigenvalue weighted by Crippen LogP contribution is 2.69. The van der Waals surface area contributed by atoms with E-state index in [-0.39, 0.29) is 0 Å². The first-order valence-electron chi connectivity index (χ1n) is 6.68. The van der Waals surface area contributed by atoms with Crippen LogP contribution in [0.15, 0.2) is 12.2 Å². The lowest BCUT2D eigenvalue weighted by atomic mass is 9.45. The lowest BCUT2D eigenvalue weighted by Crippen LogP contribution is -2.50. The second-order valence-corrected chi connectivity index (χ2v) is 6.91. The highest BCUT2D eigenvalue weighted by atomic mass is 14.6. The molecule has 0 heterocycles. The second-order valence-electron chi connectivity index (χ2n) is 6.91. The van der Waals surface area contributed by atoms with Crippen LogP contribution in [0.1, 0.15) is 52.9 Å². The van der Waals surface area contributed by atoms with Gasteiger partial charge < -0.3 is 0 Å². The van der Waals surface area contributed by atoms with Crippen molar-refractivity contribution in [3.05, 3.63) is 12.2 Å². The maximum atomic E-state index is 4.52. The molecule has 5 saturated carbocycles. The molecule has 5 fully saturated rings. The van der Waals surface area contributed by atoms with Crippen LogP contribution in [-0.2, 0) is 0 Å². The summed E-state index contributed by atoms with van der Waals surface area (Å²) in [5, 5.41) is 0. The number of allylic oxidation sites excluding steroid dienone is 1. The summed E-state index contributed by atoms with van der Waals surface area (Å²) < 4.78 is 0. The van der Waals surface area contributed by atoms with Crippen LogP contribution in [0.2, 0.25) is 0 Å². The maximum Gasteiger partial charge on any atom is -0.00825 e. The molecule has 0 amide bonds. The minimum Gasteiger partial charge on any atom is -0.0987 e. The average Bonchev–Trinajstić information content (AvgIpc) is 2.36. The first-order valence-corrected chi connectivity index (χ1v) is 6.68. The molecule has 0 aliphatic heterocycles. The number of hydrogen-bond donors (Lipinski definition) is 0. The molecule has 5 aliphatic rings. The van der Waals surface area contributed by atoms with Crippen molar-refractivity contribution < 1.29 is 0 Å². The van der Waals surface area contributed by atoms with Gasteiger partial charge in [-0.1, -0.05) is 32.9 Å². The Hall–Kier alpha value is -0.260. The van der Waals surface area contributed by atoms with Gasteiger partial charge in [0.05, 0.1) is 0 Å². The summed E-state index contributed by atoms with van der Waals surface area (Å²) in [5.74, 6) is 2.83. The molecule has 84 valence electrons. The zero-order valence-corrected chi connectivity index (χ0v) is 10.5. The molecule has 5 aliphatic carbocycles. The smallest absolute Gasteiger partial charge is 0.00825 e. The molecule has 0 N–H and O–H groups in total. The summed E-state index contributed by atoms with van der Waals surface area (Å²) in [7, 11) is 0. The predicted octanol–water partition coefficient (Wildman–Crippen LogP) is 4.42. The van der Waals surface area contributed by atoms with Gasteiger partial charge in [-0.25, -0.2) is 0 Å². The van der Waals surface area contributed by atoms with Crippen LogP contribution in [0.3, 0.4) is 0 Å². The van der Waals surface area contributed by atoms with Crippen LogP contribution in [0, 0.1) is 28.6 Å². The van der Waals surface area contributed by atoms with Gasteiger partial charge in [-0.05, 0) is 60.7 Å². The summed E-state index contributed by atoms with van der Waals surface area (Å²) in [6.45, 7) is 12.0. The molecule has 0 heteroatoms. The van der Waals surface area contributed by atoms with Gasteiger partial charge in [0.1, 0.15) is 0 Å². The van der Waals surface area contributed by atoms with E-state index in [1.54, 1.807) is 5.57 Å². The Morgan fingerprint density at radius 1 is 1.13 bits per heavy atom. The molecule has 5 atom stereocenters. The molecule has 0 aromatic carbocycles. The molecular weight excluding hydrogens is 180 g/mol. The van der Waals surface area contributed by atoms with Gasteiger partial charge in [-0.3, -0.25) is 0 Å². The second kappa shape index (κ2) is 2.70. The summed E-state index contributed by atoms with van der Waals surface area (Å²) in [6.07, 6.45) is 7.22. The minimum atomic E-state index is 0.486. The van der Waals surface area contributed by atoms with Crippen LogP contribution < -0.4 is 0 Å². The monoisotopic (exact) mass is 204 g/mol. The van der Waals surface area contributed by atoms with Crippen LogP contribution in [-0.4, -0.2) is 0 Å². The van der Waals surface area contributed by atoms with E-state index in [9.17, 15) is 0 Å². The summed E-state index contributed by atoms with van der Waals surface area (Å²) in [4.78, 5) is 0. The van der Waals surface area contributed by atoms with Crippen LogP contribution in [0.4, 0.5) is 0 Å². The Morgan fingerprint density at radius 2 is 1.80 bits per heavy atom. The Bertz CT molecular complexity index is 316.